The fourth-order valence-corrected chi connectivity index (χ4v) is 3.77. The predicted octanol–water partition coefficient (Wildman–Crippen LogP) is 3.31. The highest BCUT2D eigenvalue weighted by atomic mass is 16.6. The fraction of sp³-hybridized carbons (Fsp3) is 0.227. The van der Waals surface area contributed by atoms with Gasteiger partial charge in [-0.3, -0.25) is 19.7 Å². The number of benzene rings is 2. The summed E-state index contributed by atoms with van der Waals surface area (Å²) >= 11 is 0. The van der Waals surface area contributed by atoms with Crippen LogP contribution >= 0.6 is 0 Å². The number of nitrogens with zero attached hydrogens (tertiary/aromatic N) is 3. The van der Waals surface area contributed by atoms with Crippen molar-refractivity contribution < 1.29 is 24.0 Å². The molecule has 1 unspecified atom stereocenters. The summed E-state index contributed by atoms with van der Waals surface area (Å²) in [4.78, 5) is 35.5. The van der Waals surface area contributed by atoms with E-state index in [1.54, 1.807) is 19.2 Å². The van der Waals surface area contributed by atoms with Gasteiger partial charge in [0.1, 0.15) is 11.9 Å². The lowest BCUT2D eigenvalue weighted by Crippen LogP contribution is -2.23. The molecule has 4 rings (SSSR count). The summed E-state index contributed by atoms with van der Waals surface area (Å²) in [6, 6.07) is 10.0. The van der Waals surface area contributed by atoms with Crippen molar-refractivity contribution in [1.82, 2.24) is 9.78 Å². The minimum Gasteiger partial charge on any atom is -0.493 e. The van der Waals surface area contributed by atoms with Crippen molar-refractivity contribution in [3.63, 3.8) is 0 Å². The molecule has 170 valence electrons. The molecule has 2 aromatic carbocycles. The highest BCUT2D eigenvalue weighted by Crippen LogP contribution is 2.41. The number of nitrogens with one attached hydrogen (secondary N) is 2. The number of nitro groups is 1. The van der Waals surface area contributed by atoms with Crippen LogP contribution in [0.25, 0.3) is 11.1 Å². The lowest BCUT2D eigenvalue weighted by Gasteiger charge is -2.10. The third-order valence-electron chi connectivity index (χ3n) is 5.34. The average molecular weight is 451 g/mol. The molecule has 0 saturated carbocycles. The number of hydrogen-bond acceptors (Lipinski definition) is 7. The van der Waals surface area contributed by atoms with Gasteiger partial charge in [-0.1, -0.05) is 6.07 Å². The first-order chi connectivity index (χ1) is 15.8. The highest BCUT2D eigenvalue weighted by Gasteiger charge is 2.36. The number of hydrogen-bond donors (Lipinski definition) is 2. The molecular weight excluding hydrogens is 430 g/mol. The summed E-state index contributed by atoms with van der Waals surface area (Å²) in [6.07, 6.45) is -0.150. The van der Waals surface area contributed by atoms with Crippen molar-refractivity contribution in [2.24, 2.45) is 0 Å². The van der Waals surface area contributed by atoms with E-state index < -0.39 is 16.9 Å². The van der Waals surface area contributed by atoms with Crippen LogP contribution in [0.5, 0.6) is 11.5 Å². The second-order valence-corrected chi connectivity index (χ2v) is 7.38. The van der Waals surface area contributed by atoms with Crippen LogP contribution in [0.4, 0.5) is 17.2 Å². The Morgan fingerprint density at radius 1 is 1.18 bits per heavy atom. The standard InChI is InChI=1S/C22H21N5O6/c1-12-20(13-4-9-17(32-2)18(10-13)33-3)21-24-22(29)16(26(21)25-12)11-19(28)23-14-5-7-15(8-6-14)27(30)31/h4-10,16H,11H2,1-3H3,(H,23,28)(H,24,29). The van der Waals surface area contributed by atoms with E-state index in [-0.39, 0.29) is 18.0 Å². The van der Waals surface area contributed by atoms with Gasteiger partial charge in [-0.15, -0.1) is 0 Å². The van der Waals surface area contributed by atoms with Gasteiger partial charge < -0.3 is 20.1 Å². The molecule has 2 heterocycles. The Morgan fingerprint density at radius 2 is 1.88 bits per heavy atom. The number of non-ortho nitro benzene ring substituents is 1. The normalized spacial score (nSPS) is 14.4. The summed E-state index contributed by atoms with van der Waals surface area (Å²) in [7, 11) is 3.09. The van der Waals surface area contributed by atoms with Crippen LogP contribution in [0.2, 0.25) is 0 Å². The SMILES string of the molecule is COc1ccc(-c2c(C)nn3c2NC(=O)C3CC(=O)Nc2ccc([N+](=O)[O-])cc2)cc1OC. The van der Waals surface area contributed by atoms with E-state index in [9.17, 15) is 19.7 Å². The number of aromatic nitrogens is 2. The van der Waals surface area contributed by atoms with Gasteiger partial charge in [-0.2, -0.15) is 5.10 Å². The second kappa shape index (κ2) is 8.61. The first-order valence-corrected chi connectivity index (χ1v) is 9.99. The lowest BCUT2D eigenvalue weighted by molar-refractivity contribution is -0.384. The van der Waals surface area contributed by atoms with Gasteiger partial charge >= 0.3 is 0 Å². The van der Waals surface area contributed by atoms with Gasteiger partial charge in [0.25, 0.3) is 11.6 Å². The minimum absolute atomic E-state index is 0.0810. The number of carbonyl (C=O) groups excluding carboxylic acids is 2. The summed E-state index contributed by atoms with van der Waals surface area (Å²) in [6.45, 7) is 1.82. The molecule has 11 heteroatoms. The van der Waals surface area contributed by atoms with E-state index in [0.29, 0.717) is 28.7 Å². The summed E-state index contributed by atoms with van der Waals surface area (Å²) in [5.74, 6) is 0.846. The van der Waals surface area contributed by atoms with Crippen LogP contribution in [-0.4, -0.2) is 40.7 Å². The maximum absolute atomic E-state index is 12.6. The topological polar surface area (TPSA) is 138 Å². The fourth-order valence-electron chi connectivity index (χ4n) is 3.77. The largest absolute Gasteiger partial charge is 0.493 e. The number of rotatable bonds is 7. The molecule has 0 radical (unpaired) electrons. The number of ether oxygens (including phenoxy) is 2. The quantitative estimate of drug-likeness (QED) is 0.415. The molecule has 0 spiro atoms. The van der Waals surface area contributed by atoms with E-state index in [0.717, 1.165) is 11.1 Å². The molecule has 1 aliphatic rings. The van der Waals surface area contributed by atoms with Gasteiger partial charge in [0, 0.05) is 23.4 Å². The van der Waals surface area contributed by atoms with Crippen molar-refractivity contribution in [2.45, 2.75) is 19.4 Å². The van der Waals surface area contributed by atoms with Crippen molar-refractivity contribution in [2.75, 3.05) is 24.9 Å². The molecule has 0 fully saturated rings. The Kier molecular flexibility index (Phi) is 5.69. The molecule has 0 bridgehead atoms. The van der Waals surface area contributed by atoms with Gasteiger partial charge in [0.15, 0.2) is 11.5 Å². The van der Waals surface area contributed by atoms with Gasteiger partial charge in [0.2, 0.25) is 5.91 Å². The molecule has 1 aliphatic heterocycles. The smallest absolute Gasteiger partial charge is 0.269 e. The number of aryl methyl sites for hydroxylation is 1. The third kappa shape index (κ3) is 4.07. The highest BCUT2D eigenvalue weighted by molar-refractivity contribution is 6.04. The predicted molar refractivity (Wildman–Crippen MR) is 120 cm³/mol. The van der Waals surface area contributed by atoms with Crippen molar-refractivity contribution >= 4 is 29.0 Å². The van der Waals surface area contributed by atoms with E-state index in [1.165, 1.54) is 36.1 Å². The lowest BCUT2D eigenvalue weighted by atomic mass is 10.1. The average Bonchev–Trinajstić information content (AvgIpc) is 3.26. The zero-order chi connectivity index (χ0) is 23.7. The second-order valence-electron chi connectivity index (χ2n) is 7.38. The van der Waals surface area contributed by atoms with Crippen LogP contribution in [0.1, 0.15) is 18.2 Å². The molecule has 1 atom stereocenters. The Morgan fingerprint density at radius 3 is 2.52 bits per heavy atom. The Bertz CT molecular complexity index is 1250. The van der Waals surface area contributed by atoms with Crippen molar-refractivity contribution in [3.05, 3.63) is 58.3 Å². The zero-order valence-corrected chi connectivity index (χ0v) is 18.1. The number of nitro benzene ring substituents is 1. The van der Waals surface area contributed by atoms with Crippen LogP contribution in [-0.2, 0) is 9.59 Å². The molecule has 1 aromatic heterocycles. The van der Waals surface area contributed by atoms with Crippen LogP contribution in [0.15, 0.2) is 42.5 Å². The molecule has 2 amide bonds. The molecule has 0 aliphatic carbocycles. The minimum atomic E-state index is -0.828. The number of anilines is 2. The molecule has 11 nitrogen and oxygen atoms in total. The Labute approximate surface area is 188 Å². The first kappa shape index (κ1) is 21.8. The van der Waals surface area contributed by atoms with Crippen molar-refractivity contribution in [1.29, 1.82) is 0 Å². The summed E-state index contributed by atoms with van der Waals surface area (Å²) < 4.78 is 12.2. The molecule has 33 heavy (non-hydrogen) atoms. The zero-order valence-electron chi connectivity index (χ0n) is 18.1. The maximum atomic E-state index is 12.6. The maximum Gasteiger partial charge on any atom is 0.269 e. The summed E-state index contributed by atoms with van der Waals surface area (Å²) in [5.41, 5.74) is 2.50. The monoisotopic (exact) mass is 451 g/mol. The number of amides is 2. The van der Waals surface area contributed by atoms with Gasteiger partial charge in [-0.05, 0) is 36.8 Å². The van der Waals surface area contributed by atoms with Gasteiger partial charge in [-0.25, -0.2) is 4.68 Å². The van der Waals surface area contributed by atoms with E-state index in [4.69, 9.17) is 9.47 Å². The Balaban J connectivity index is 1.56. The van der Waals surface area contributed by atoms with Crippen LogP contribution < -0.4 is 20.1 Å². The van der Waals surface area contributed by atoms with E-state index in [1.807, 2.05) is 13.0 Å². The van der Waals surface area contributed by atoms with Crippen molar-refractivity contribution in [3.8, 4) is 22.6 Å². The van der Waals surface area contributed by atoms with Crippen LogP contribution in [0, 0.1) is 17.0 Å². The van der Waals surface area contributed by atoms with E-state index >= 15 is 0 Å². The molecular formula is C22H21N5O6. The molecule has 0 saturated heterocycles. The number of methoxy groups -OCH3 is 2. The molecule has 3 aromatic rings. The van der Waals surface area contributed by atoms with Crippen LogP contribution in [0.3, 0.4) is 0 Å². The molecule has 2 N–H and O–H groups in total. The Hall–Kier alpha value is -4.41. The first-order valence-electron chi connectivity index (χ1n) is 9.99. The summed E-state index contributed by atoms with van der Waals surface area (Å²) in [5, 5.41) is 20.7. The number of carbonyl (C=O) groups is 2. The van der Waals surface area contributed by atoms with Gasteiger partial charge in [0.05, 0.1) is 31.3 Å². The van der Waals surface area contributed by atoms with E-state index in [2.05, 4.69) is 15.7 Å². The third-order valence-corrected chi connectivity index (χ3v) is 5.34. The number of fused-ring (bicyclic) bond motifs is 1.